The molecule has 174 valence electrons. The number of ether oxygens (including phenoxy) is 1. The van der Waals surface area contributed by atoms with E-state index in [1.807, 2.05) is 0 Å². The predicted molar refractivity (Wildman–Crippen MR) is 121 cm³/mol. The number of anilines is 1. The summed E-state index contributed by atoms with van der Waals surface area (Å²) in [6, 6.07) is 15.2. The van der Waals surface area contributed by atoms with E-state index in [4.69, 9.17) is 16.3 Å². The van der Waals surface area contributed by atoms with Crippen LogP contribution in [0.5, 0.6) is 5.75 Å². The first kappa shape index (κ1) is 23.4. The van der Waals surface area contributed by atoms with Crippen LogP contribution < -0.4 is 9.64 Å². The number of carbonyl (C=O) groups is 2. The van der Waals surface area contributed by atoms with Crippen molar-refractivity contribution >= 4 is 34.7 Å². The fraction of sp³-hybridized carbons (Fsp3) is 0.120. The normalized spacial score (nSPS) is 17.8. The summed E-state index contributed by atoms with van der Waals surface area (Å²) < 4.78 is 45.2. The van der Waals surface area contributed by atoms with E-state index in [1.165, 1.54) is 37.4 Å². The lowest BCUT2D eigenvalue weighted by Crippen LogP contribution is -2.29. The van der Waals surface area contributed by atoms with Gasteiger partial charge >= 0.3 is 6.18 Å². The highest BCUT2D eigenvalue weighted by Gasteiger charge is 2.47. The van der Waals surface area contributed by atoms with Crippen molar-refractivity contribution in [1.29, 1.82) is 0 Å². The average Bonchev–Trinajstić information content (AvgIpc) is 3.09. The Kier molecular flexibility index (Phi) is 6.10. The number of amides is 1. The van der Waals surface area contributed by atoms with E-state index in [0.29, 0.717) is 16.3 Å². The van der Waals surface area contributed by atoms with Crippen LogP contribution in [0.3, 0.4) is 0 Å². The molecule has 3 aromatic carbocycles. The van der Waals surface area contributed by atoms with Crippen molar-refractivity contribution in [3.63, 3.8) is 0 Å². The van der Waals surface area contributed by atoms with E-state index < -0.39 is 35.2 Å². The highest BCUT2D eigenvalue weighted by Crippen LogP contribution is 2.43. The van der Waals surface area contributed by atoms with Gasteiger partial charge in [-0.2, -0.15) is 13.2 Å². The lowest BCUT2D eigenvalue weighted by Gasteiger charge is -2.26. The largest absolute Gasteiger partial charge is 0.507 e. The molecule has 0 aromatic heterocycles. The molecule has 1 N–H and O–H groups in total. The van der Waals surface area contributed by atoms with Crippen LogP contribution in [0.1, 0.15) is 22.7 Å². The molecule has 1 saturated heterocycles. The van der Waals surface area contributed by atoms with Crippen molar-refractivity contribution in [2.75, 3.05) is 12.0 Å². The second-order valence-corrected chi connectivity index (χ2v) is 7.93. The Balaban J connectivity index is 1.93. The van der Waals surface area contributed by atoms with Crippen LogP contribution in [0, 0.1) is 0 Å². The molecular weight excluding hydrogens is 471 g/mol. The summed E-state index contributed by atoms with van der Waals surface area (Å²) in [5.74, 6) is -2.05. The maximum atomic E-state index is 13.3. The number of aliphatic hydroxyl groups is 1. The first-order valence-electron chi connectivity index (χ1n) is 10.00. The number of rotatable bonds is 4. The molecule has 0 spiro atoms. The number of carbonyl (C=O) groups excluding carboxylic acids is 2. The van der Waals surface area contributed by atoms with Gasteiger partial charge in [0.25, 0.3) is 11.7 Å². The van der Waals surface area contributed by atoms with Crippen LogP contribution >= 0.6 is 11.6 Å². The molecule has 0 bridgehead atoms. The van der Waals surface area contributed by atoms with E-state index >= 15 is 0 Å². The van der Waals surface area contributed by atoms with Gasteiger partial charge in [0.2, 0.25) is 0 Å². The Morgan fingerprint density at radius 1 is 1.00 bits per heavy atom. The highest BCUT2D eigenvalue weighted by atomic mass is 35.5. The van der Waals surface area contributed by atoms with E-state index in [2.05, 4.69) is 0 Å². The summed E-state index contributed by atoms with van der Waals surface area (Å²) in [5, 5.41) is 11.4. The lowest BCUT2D eigenvalue weighted by molar-refractivity contribution is -0.137. The molecule has 0 saturated carbocycles. The maximum absolute atomic E-state index is 13.3. The standard InChI is InChI=1S/C25H17ClF3NO4/c1-34-19-11-7-14(8-12-19)21-20(22(31)15-5-9-17(26)10-6-15)23(32)24(33)30(21)18-4-2-3-16(13-18)25(27,28)29/h2-13,21,31H,1H3/t21-/m1/s1. The highest BCUT2D eigenvalue weighted by molar-refractivity contribution is 6.51. The minimum atomic E-state index is -4.65. The molecule has 1 atom stereocenters. The minimum Gasteiger partial charge on any atom is -0.507 e. The number of alkyl halides is 3. The van der Waals surface area contributed by atoms with Gasteiger partial charge in [-0.1, -0.05) is 29.8 Å². The third kappa shape index (κ3) is 4.24. The predicted octanol–water partition coefficient (Wildman–Crippen LogP) is 5.99. The quantitative estimate of drug-likeness (QED) is 0.279. The second kappa shape index (κ2) is 8.87. The van der Waals surface area contributed by atoms with Crippen molar-refractivity contribution in [3.8, 4) is 5.75 Å². The van der Waals surface area contributed by atoms with Crippen LogP contribution in [0.25, 0.3) is 5.76 Å². The smallest absolute Gasteiger partial charge is 0.416 e. The van der Waals surface area contributed by atoms with Gasteiger partial charge in [0.1, 0.15) is 11.5 Å². The average molecular weight is 488 g/mol. The molecule has 34 heavy (non-hydrogen) atoms. The number of ketones is 1. The Morgan fingerprint density at radius 2 is 1.65 bits per heavy atom. The molecule has 0 aliphatic carbocycles. The summed E-state index contributed by atoms with van der Waals surface area (Å²) in [6.07, 6.45) is -4.65. The molecule has 4 rings (SSSR count). The molecule has 1 heterocycles. The number of benzene rings is 3. The van der Waals surface area contributed by atoms with Crippen molar-refractivity contribution in [3.05, 3.63) is 100 Å². The topological polar surface area (TPSA) is 66.8 Å². The molecular formula is C25H17ClF3NO4. The van der Waals surface area contributed by atoms with Crippen molar-refractivity contribution in [2.24, 2.45) is 0 Å². The fourth-order valence-electron chi connectivity index (χ4n) is 3.80. The van der Waals surface area contributed by atoms with Gasteiger partial charge in [0, 0.05) is 16.3 Å². The third-order valence-corrected chi connectivity index (χ3v) is 5.70. The summed E-state index contributed by atoms with van der Waals surface area (Å²) in [5.41, 5.74) is -0.737. The summed E-state index contributed by atoms with van der Waals surface area (Å²) in [6.45, 7) is 0. The van der Waals surface area contributed by atoms with Gasteiger partial charge in [-0.05, 0) is 60.2 Å². The zero-order valence-electron chi connectivity index (χ0n) is 17.6. The molecule has 1 fully saturated rings. The second-order valence-electron chi connectivity index (χ2n) is 7.50. The molecule has 3 aromatic rings. The number of methoxy groups -OCH3 is 1. The van der Waals surface area contributed by atoms with Gasteiger partial charge in [0.15, 0.2) is 0 Å². The molecule has 1 amide bonds. The first-order valence-corrected chi connectivity index (χ1v) is 10.4. The number of aliphatic hydroxyl groups excluding tert-OH is 1. The first-order chi connectivity index (χ1) is 16.1. The summed E-state index contributed by atoms with van der Waals surface area (Å²) in [7, 11) is 1.46. The molecule has 5 nitrogen and oxygen atoms in total. The zero-order chi connectivity index (χ0) is 24.6. The zero-order valence-corrected chi connectivity index (χ0v) is 18.4. The third-order valence-electron chi connectivity index (χ3n) is 5.45. The van der Waals surface area contributed by atoms with Gasteiger partial charge < -0.3 is 9.84 Å². The van der Waals surface area contributed by atoms with Gasteiger partial charge in [-0.25, -0.2) is 0 Å². The Bertz CT molecular complexity index is 1280. The van der Waals surface area contributed by atoms with Gasteiger partial charge in [-0.3, -0.25) is 14.5 Å². The fourth-order valence-corrected chi connectivity index (χ4v) is 3.92. The number of halogens is 4. The summed E-state index contributed by atoms with van der Waals surface area (Å²) in [4.78, 5) is 27.1. The number of nitrogens with zero attached hydrogens (tertiary/aromatic N) is 1. The number of hydrogen-bond acceptors (Lipinski definition) is 4. The molecule has 1 aliphatic heterocycles. The Labute approximate surface area is 197 Å². The number of Topliss-reactive ketones (excluding diaryl/α,β-unsaturated/α-hetero) is 1. The van der Waals surface area contributed by atoms with Crippen LogP contribution in [-0.2, 0) is 15.8 Å². The van der Waals surface area contributed by atoms with Crippen molar-refractivity contribution in [2.45, 2.75) is 12.2 Å². The monoisotopic (exact) mass is 487 g/mol. The van der Waals surface area contributed by atoms with Crippen LogP contribution in [0.15, 0.2) is 78.4 Å². The van der Waals surface area contributed by atoms with Gasteiger partial charge in [0.05, 0.1) is 24.3 Å². The SMILES string of the molecule is COc1ccc([C@@H]2C(=C(O)c3ccc(Cl)cc3)C(=O)C(=O)N2c2cccc(C(F)(F)F)c2)cc1. The van der Waals surface area contributed by atoms with E-state index in [1.54, 1.807) is 24.3 Å². The van der Waals surface area contributed by atoms with Crippen molar-refractivity contribution < 1.29 is 32.6 Å². The number of hydrogen-bond donors (Lipinski definition) is 1. The molecule has 1 aliphatic rings. The molecule has 9 heteroatoms. The van der Waals surface area contributed by atoms with E-state index in [-0.39, 0.29) is 16.8 Å². The van der Waals surface area contributed by atoms with Crippen LogP contribution in [-0.4, -0.2) is 23.9 Å². The lowest BCUT2D eigenvalue weighted by atomic mass is 9.95. The maximum Gasteiger partial charge on any atom is 0.416 e. The van der Waals surface area contributed by atoms with Crippen LogP contribution in [0.4, 0.5) is 18.9 Å². The molecule has 0 unspecified atom stereocenters. The van der Waals surface area contributed by atoms with E-state index in [0.717, 1.165) is 23.1 Å². The van der Waals surface area contributed by atoms with Crippen LogP contribution in [0.2, 0.25) is 5.02 Å². The van der Waals surface area contributed by atoms with E-state index in [9.17, 15) is 27.9 Å². The molecule has 0 radical (unpaired) electrons. The Morgan fingerprint density at radius 3 is 2.24 bits per heavy atom. The van der Waals surface area contributed by atoms with Gasteiger partial charge in [-0.15, -0.1) is 0 Å². The minimum absolute atomic E-state index is 0.132. The Hall–Kier alpha value is -3.78. The van der Waals surface area contributed by atoms with Crippen molar-refractivity contribution in [1.82, 2.24) is 0 Å². The summed E-state index contributed by atoms with van der Waals surface area (Å²) >= 11 is 5.91.